The molecule has 1 aliphatic rings. The molecule has 0 aromatic heterocycles. The zero-order chi connectivity index (χ0) is 13.2. The Balaban J connectivity index is 3.03. The van der Waals surface area contributed by atoms with Crippen molar-refractivity contribution < 1.29 is 14.7 Å². The molecule has 1 fully saturated rings. The van der Waals surface area contributed by atoms with E-state index >= 15 is 0 Å². The van der Waals surface area contributed by atoms with E-state index in [-0.39, 0.29) is 17.4 Å². The number of likely N-dealkylation sites (tertiary alicyclic amines) is 1. The third kappa shape index (κ3) is 3.08. The van der Waals surface area contributed by atoms with Crippen molar-refractivity contribution >= 4 is 12.0 Å². The number of nitrogens with zero attached hydrogens (tertiary/aromatic N) is 1. The standard InChI is InChI=1S/C13H21NO3/c1-9(13(2,3)4)10-7-5-6-8-11(15)14(10)12(16)17/h10H,1,5-8H2,2-4H3,(H,16,17). The van der Waals surface area contributed by atoms with E-state index in [0.717, 1.165) is 23.3 Å². The Morgan fingerprint density at radius 1 is 1.41 bits per heavy atom. The fourth-order valence-corrected chi connectivity index (χ4v) is 2.11. The summed E-state index contributed by atoms with van der Waals surface area (Å²) in [6.07, 6.45) is 1.48. The molecule has 1 N–H and O–H groups in total. The topological polar surface area (TPSA) is 57.6 Å². The summed E-state index contributed by atoms with van der Waals surface area (Å²) in [5, 5.41) is 9.18. The van der Waals surface area contributed by atoms with Gasteiger partial charge < -0.3 is 5.11 Å². The quantitative estimate of drug-likeness (QED) is 0.715. The van der Waals surface area contributed by atoms with Crippen molar-refractivity contribution in [1.82, 2.24) is 4.90 Å². The van der Waals surface area contributed by atoms with E-state index in [4.69, 9.17) is 0 Å². The minimum Gasteiger partial charge on any atom is -0.465 e. The number of carbonyl (C=O) groups is 2. The van der Waals surface area contributed by atoms with Gasteiger partial charge in [-0.3, -0.25) is 4.79 Å². The Hall–Kier alpha value is -1.32. The average molecular weight is 239 g/mol. The fraction of sp³-hybridized carbons (Fsp3) is 0.692. The summed E-state index contributed by atoms with van der Waals surface area (Å²) in [4.78, 5) is 24.0. The molecule has 96 valence electrons. The third-order valence-corrected chi connectivity index (χ3v) is 3.27. The minimum atomic E-state index is -1.16. The van der Waals surface area contributed by atoms with Crippen molar-refractivity contribution in [1.29, 1.82) is 0 Å². The minimum absolute atomic E-state index is 0.191. The number of hydrogen-bond donors (Lipinski definition) is 1. The van der Waals surface area contributed by atoms with Crippen LogP contribution < -0.4 is 0 Å². The molecule has 1 rings (SSSR count). The molecule has 0 aromatic rings. The Bertz CT molecular complexity index is 341. The Morgan fingerprint density at radius 2 is 2.00 bits per heavy atom. The Labute approximate surface area is 102 Å². The van der Waals surface area contributed by atoms with Gasteiger partial charge in [0.2, 0.25) is 5.91 Å². The Morgan fingerprint density at radius 3 is 2.47 bits per heavy atom. The first-order valence-corrected chi connectivity index (χ1v) is 5.99. The van der Waals surface area contributed by atoms with Crippen LogP contribution >= 0.6 is 0 Å². The van der Waals surface area contributed by atoms with Gasteiger partial charge in [0.25, 0.3) is 0 Å². The molecule has 0 aromatic carbocycles. The van der Waals surface area contributed by atoms with Gasteiger partial charge in [0, 0.05) is 6.42 Å². The number of hydrogen-bond acceptors (Lipinski definition) is 2. The van der Waals surface area contributed by atoms with Gasteiger partial charge in [-0.1, -0.05) is 33.8 Å². The summed E-state index contributed by atoms with van der Waals surface area (Å²) < 4.78 is 0. The maximum atomic E-state index is 11.8. The molecular weight excluding hydrogens is 218 g/mol. The van der Waals surface area contributed by atoms with Crippen molar-refractivity contribution in [2.45, 2.75) is 52.5 Å². The lowest BCUT2D eigenvalue weighted by atomic mass is 9.81. The van der Waals surface area contributed by atoms with Crippen LogP contribution in [0.1, 0.15) is 46.5 Å². The predicted octanol–water partition coefficient (Wildman–Crippen LogP) is 3.04. The van der Waals surface area contributed by atoms with Crippen LogP contribution in [0.2, 0.25) is 0 Å². The van der Waals surface area contributed by atoms with Gasteiger partial charge in [-0.05, 0) is 23.8 Å². The number of amides is 2. The van der Waals surface area contributed by atoms with Gasteiger partial charge in [0.1, 0.15) is 0 Å². The largest absolute Gasteiger partial charge is 0.465 e. The van der Waals surface area contributed by atoms with Crippen LogP contribution in [0.25, 0.3) is 0 Å². The highest BCUT2D eigenvalue weighted by Crippen LogP contribution is 2.33. The maximum absolute atomic E-state index is 11.8. The molecule has 0 aliphatic carbocycles. The van der Waals surface area contributed by atoms with E-state index in [1.54, 1.807) is 0 Å². The van der Waals surface area contributed by atoms with Gasteiger partial charge in [-0.15, -0.1) is 0 Å². The highest BCUT2D eigenvalue weighted by Gasteiger charge is 2.36. The van der Waals surface area contributed by atoms with E-state index in [9.17, 15) is 14.7 Å². The molecule has 1 saturated heterocycles. The van der Waals surface area contributed by atoms with Crippen molar-refractivity contribution in [3.8, 4) is 0 Å². The maximum Gasteiger partial charge on any atom is 0.414 e. The number of carbonyl (C=O) groups excluding carboxylic acids is 1. The second-order valence-corrected chi connectivity index (χ2v) is 5.58. The second-order valence-electron chi connectivity index (χ2n) is 5.58. The molecule has 2 amide bonds. The first-order chi connectivity index (χ1) is 7.75. The van der Waals surface area contributed by atoms with Gasteiger partial charge in [0.15, 0.2) is 0 Å². The zero-order valence-electron chi connectivity index (χ0n) is 10.8. The van der Waals surface area contributed by atoms with E-state index in [1.807, 2.05) is 20.8 Å². The van der Waals surface area contributed by atoms with E-state index in [2.05, 4.69) is 6.58 Å². The van der Waals surface area contributed by atoms with Crippen LogP contribution in [0.3, 0.4) is 0 Å². The van der Waals surface area contributed by atoms with E-state index in [0.29, 0.717) is 12.8 Å². The summed E-state index contributed by atoms with van der Waals surface area (Å²) in [5.74, 6) is -0.301. The lowest BCUT2D eigenvalue weighted by molar-refractivity contribution is -0.130. The number of imide groups is 1. The van der Waals surface area contributed by atoms with Gasteiger partial charge in [-0.2, -0.15) is 0 Å². The first-order valence-electron chi connectivity index (χ1n) is 5.99. The molecule has 0 saturated carbocycles. The second kappa shape index (κ2) is 4.90. The fourth-order valence-electron chi connectivity index (χ4n) is 2.11. The zero-order valence-corrected chi connectivity index (χ0v) is 10.8. The number of rotatable bonds is 1. The normalized spacial score (nSPS) is 22.2. The highest BCUT2D eigenvalue weighted by molar-refractivity contribution is 5.92. The summed E-state index contributed by atoms with van der Waals surface area (Å²) in [5.41, 5.74) is 0.623. The first kappa shape index (κ1) is 13.7. The van der Waals surface area contributed by atoms with Crippen LogP contribution in [0.15, 0.2) is 12.2 Å². The molecule has 1 aliphatic heterocycles. The molecule has 17 heavy (non-hydrogen) atoms. The predicted molar refractivity (Wildman–Crippen MR) is 65.7 cm³/mol. The molecule has 0 bridgehead atoms. The SMILES string of the molecule is C=C(C1CCCCC(=O)N1C(=O)O)C(C)(C)C. The van der Waals surface area contributed by atoms with E-state index < -0.39 is 6.09 Å². The smallest absolute Gasteiger partial charge is 0.414 e. The molecular formula is C13H21NO3. The average Bonchev–Trinajstić information content (AvgIpc) is 2.37. The summed E-state index contributed by atoms with van der Waals surface area (Å²) in [7, 11) is 0. The molecule has 1 atom stereocenters. The number of carboxylic acid groups (broad SMARTS) is 1. The van der Waals surface area contributed by atoms with Crippen LogP contribution in [-0.2, 0) is 4.79 Å². The highest BCUT2D eigenvalue weighted by atomic mass is 16.4. The van der Waals surface area contributed by atoms with Crippen LogP contribution in [0.5, 0.6) is 0 Å². The van der Waals surface area contributed by atoms with Gasteiger partial charge in [0.05, 0.1) is 6.04 Å². The van der Waals surface area contributed by atoms with Gasteiger partial charge >= 0.3 is 6.09 Å². The lowest BCUT2D eigenvalue weighted by Gasteiger charge is -2.34. The molecule has 1 heterocycles. The molecule has 4 nitrogen and oxygen atoms in total. The molecule has 1 unspecified atom stereocenters. The van der Waals surface area contributed by atoms with Crippen LogP contribution in [0.4, 0.5) is 4.79 Å². The monoisotopic (exact) mass is 239 g/mol. The summed E-state index contributed by atoms with van der Waals surface area (Å²) >= 11 is 0. The summed E-state index contributed by atoms with van der Waals surface area (Å²) in [6.45, 7) is 9.97. The van der Waals surface area contributed by atoms with Crippen molar-refractivity contribution in [3.05, 3.63) is 12.2 Å². The Kier molecular flexibility index (Phi) is 3.96. The van der Waals surface area contributed by atoms with Gasteiger partial charge in [-0.25, -0.2) is 9.69 Å². The molecule has 0 spiro atoms. The van der Waals surface area contributed by atoms with E-state index in [1.165, 1.54) is 0 Å². The molecule has 4 heteroatoms. The van der Waals surface area contributed by atoms with Crippen molar-refractivity contribution in [3.63, 3.8) is 0 Å². The van der Waals surface area contributed by atoms with Crippen molar-refractivity contribution in [2.24, 2.45) is 5.41 Å². The van der Waals surface area contributed by atoms with Crippen molar-refractivity contribution in [2.75, 3.05) is 0 Å². The summed E-state index contributed by atoms with van der Waals surface area (Å²) in [6, 6.07) is -0.373. The van der Waals surface area contributed by atoms with Crippen LogP contribution in [-0.4, -0.2) is 28.0 Å². The van der Waals surface area contributed by atoms with Crippen LogP contribution in [0, 0.1) is 5.41 Å². The lowest BCUT2D eigenvalue weighted by Crippen LogP contribution is -2.45. The molecule has 0 radical (unpaired) electrons. The third-order valence-electron chi connectivity index (χ3n) is 3.27.